The van der Waals surface area contributed by atoms with E-state index in [9.17, 15) is 0 Å². The van der Waals surface area contributed by atoms with Crippen LogP contribution >= 0.6 is 23.1 Å². The highest BCUT2D eigenvalue weighted by molar-refractivity contribution is 8.00. The van der Waals surface area contributed by atoms with Gasteiger partial charge in [0.1, 0.15) is 5.82 Å². The fourth-order valence-electron chi connectivity index (χ4n) is 2.75. The molecule has 0 aromatic carbocycles. The molecule has 2 N–H and O–H groups in total. The highest BCUT2D eigenvalue weighted by Gasteiger charge is 2.33. The monoisotopic (exact) mass is 293 g/mol. The van der Waals surface area contributed by atoms with Crippen LogP contribution in [0.1, 0.15) is 12.8 Å². The normalized spacial score (nSPS) is 18.9. The summed E-state index contributed by atoms with van der Waals surface area (Å²) in [6, 6.07) is 4.28. The quantitative estimate of drug-likeness (QED) is 0.945. The predicted octanol–water partition coefficient (Wildman–Crippen LogP) is 2.96. The molecule has 3 rings (SSSR count). The first-order valence-electron chi connectivity index (χ1n) is 6.60. The number of aromatic nitrogens is 1. The van der Waals surface area contributed by atoms with Crippen molar-refractivity contribution in [2.45, 2.75) is 17.6 Å². The number of pyridine rings is 1. The number of thioether (sulfide) groups is 1. The third-order valence-electron chi connectivity index (χ3n) is 4.14. The number of hydrogen-bond donors (Lipinski definition) is 1. The summed E-state index contributed by atoms with van der Waals surface area (Å²) in [6.07, 6.45) is 6.40. The van der Waals surface area contributed by atoms with E-state index in [1.165, 1.54) is 10.1 Å². The van der Waals surface area contributed by atoms with Crippen LogP contribution in [0.2, 0.25) is 0 Å². The Kier molecular flexibility index (Phi) is 3.69. The first-order chi connectivity index (χ1) is 9.28. The first kappa shape index (κ1) is 13.2. The SMILES string of the molecule is CSC1(CN)CCN(c2nccc3sccc23)CC1. The summed E-state index contributed by atoms with van der Waals surface area (Å²) >= 11 is 3.71. The number of nitrogens with zero attached hydrogens (tertiary/aromatic N) is 2. The third-order valence-corrected chi connectivity index (χ3v) is 6.46. The lowest BCUT2D eigenvalue weighted by Gasteiger charge is -2.40. The first-order valence-corrected chi connectivity index (χ1v) is 8.71. The largest absolute Gasteiger partial charge is 0.356 e. The maximum Gasteiger partial charge on any atom is 0.137 e. The van der Waals surface area contributed by atoms with Gasteiger partial charge in [-0.15, -0.1) is 11.3 Å². The number of rotatable bonds is 3. The topological polar surface area (TPSA) is 42.1 Å². The van der Waals surface area contributed by atoms with Gasteiger partial charge < -0.3 is 10.6 Å². The molecule has 1 fully saturated rings. The van der Waals surface area contributed by atoms with Crippen molar-refractivity contribution in [2.75, 3.05) is 30.8 Å². The number of piperidine rings is 1. The molecule has 0 spiro atoms. The van der Waals surface area contributed by atoms with Crippen LogP contribution in [0.15, 0.2) is 23.7 Å². The molecule has 0 radical (unpaired) electrons. The Morgan fingerprint density at radius 3 is 2.89 bits per heavy atom. The van der Waals surface area contributed by atoms with Crippen molar-refractivity contribution >= 4 is 39.0 Å². The lowest BCUT2D eigenvalue weighted by atomic mass is 9.95. The van der Waals surface area contributed by atoms with Crippen LogP contribution in [-0.2, 0) is 0 Å². The minimum Gasteiger partial charge on any atom is -0.356 e. The van der Waals surface area contributed by atoms with Crippen LogP contribution in [-0.4, -0.2) is 35.6 Å². The number of thiophene rings is 1. The van der Waals surface area contributed by atoms with E-state index >= 15 is 0 Å². The second-order valence-corrected chi connectivity index (χ2v) is 7.27. The van der Waals surface area contributed by atoms with Crippen LogP contribution < -0.4 is 10.6 Å². The molecule has 5 heteroatoms. The Morgan fingerprint density at radius 1 is 1.42 bits per heavy atom. The molecule has 1 aliphatic rings. The average molecular weight is 293 g/mol. The molecule has 0 aliphatic carbocycles. The van der Waals surface area contributed by atoms with Gasteiger partial charge in [-0.1, -0.05) is 0 Å². The van der Waals surface area contributed by atoms with Crippen LogP contribution in [0.4, 0.5) is 5.82 Å². The van der Waals surface area contributed by atoms with E-state index < -0.39 is 0 Å². The number of anilines is 1. The highest BCUT2D eigenvalue weighted by atomic mass is 32.2. The molecular formula is C14H19N3S2. The molecule has 0 bridgehead atoms. The maximum atomic E-state index is 5.95. The zero-order chi connectivity index (χ0) is 13.3. The van der Waals surface area contributed by atoms with E-state index in [-0.39, 0.29) is 4.75 Å². The van der Waals surface area contributed by atoms with Crippen LogP contribution in [0.3, 0.4) is 0 Å². The highest BCUT2D eigenvalue weighted by Crippen LogP contribution is 2.36. The van der Waals surface area contributed by atoms with Gasteiger partial charge in [-0.05, 0) is 36.6 Å². The van der Waals surface area contributed by atoms with E-state index in [1.54, 1.807) is 11.3 Å². The second-order valence-electron chi connectivity index (χ2n) is 5.05. The van der Waals surface area contributed by atoms with Gasteiger partial charge >= 0.3 is 0 Å². The number of nitrogens with two attached hydrogens (primary N) is 1. The minimum atomic E-state index is 0.277. The van der Waals surface area contributed by atoms with E-state index in [2.05, 4.69) is 33.7 Å². The summed E-state index contributed by atoms with van der Waals surface area (Å²) in [5, 5.41) is 3.43. The van der Waals surface area contributed by atoms with Gasteiger partial charge in [0.05, 0.1) is 0 Å². The third kappa shape index (κ3) is 2.35. The van der Waals surface area contributed by atoms with E-state index in [0.29, 0.717) is 0 Å². The summed E-state index contributed by atoms with van der Waals surface area (Å²) in [6.45, 7) is 2.89. The zero-order valence-electron chi connectivity index (χ0n) is 11.1. The van der Waals surface area contributed by atoms with E-state index in [0.717, 1.165) is 38.3 Å². The Labute approximate surface area is 122 Å². The van der Waals surface area contributed by atoms with Gasteiger partial charge in [0, 0.05) is 40.7 Å². The lowest BCUT2D eigenvalue weighted by Crippen LogP contribution is -2.46. The van der Waals surface area contributed by atoms with E-state index in [1.807, 2.05) is 18.0 Å². The molecule has 0 atom stereocenters. The van der Waals surface area contributed by atoms with Crippen LogP contribution in [0.25, 0.3) is 10.1 Å². The Morgan fingerprint density at radius 2 is 2.21 bits per heavy atom. The summed E-state index contributed by atoms with van der Waals surface area (Å²) in [4.78, 5) is 7.01. The van der Waals surface area contributed by atoms with Gasteiger partial charge in [-0.25, -0.2) is 4.98 Å². The molecule has 2 aromatic rings. The summed E-state index contributed by atoms with van der Waals surface area (Å²) in [5.41, 5.74) is 5.95. The standard InChI is InChI=1S/C14H19N3S2/c1-18-14(10-15)4-7-17(8-5-14)13-11-3-9-19-12(11)2-6-16-13/h2-3,6,9H,4-5,7-8,10,15H2,1H3. The molecular weight excluding hydrogens is 274 g/mol. The summed E-state index contributed by atoms with van der Waals surface area (Å²) in [5.74, 6) is 1.14. The molecule has 0 saturated carbocycles. The van der Waals surface area contributed by atoms with Crippen molar-refractivity contribution in [3.05, 3.63) is 23.7 Å². The Balaban J connectivity index is 1.84. The molecule has 3 nitrogen and oxygen atoms in total. The zero-order valence-corrected chi connectivity index (χ0v) is 12.8. The van der Waals surface area contributed by atoms with Gasteiger partial charge in [0.2, 0.25) is 0 Å². The van der Waals surface area contributed by atoms with Crippen molar-refractivity contribution in [3.63, 3.8) is 0 Å². The molecule has 0 amide bonds. The molecule has 1 saturated heterocycles. The fourth-order valence-corrected chi connectivity index (χ4v) is 4.28. The maximum absolute atomic E-state index is 5.95. The van der Waals surface area contributed by atoms with Crippen molar-refractivity contribution in [1.29, 1.82) is 0 Å². The van der Waals surface area contributed by atoms with Gasteiger partial charge in [0.25, 0.3) is 0 Å². The van der Waals surface area contributed by atoms with Gasteiger partial charge in [-0.2, -0.15) is 11.8 Å². The molecule has 2 aromatic heterocycles. The number of hydrogen-bond acceptors (Lipinski definition) is 5. The van der Waals surface area contributed by atoms with Crippen molar-refractivity contribution in [1.82, 2.24) is 4.98 Å². The Hall–Kier alpha value is -0.780. The lowest BCUT2D eigenvalue weighted by molar-refractivity contribution is 0.456. The number of fused-ring (bicyclic) bond motifs is 1. The molecule has 3 heterocycles. The molecule has 19 heavy (non-hydrogen) atoms. The molecule has 0 unspecified atom stereocenters. The van der Waals surface area contributed by atoms with Crippen LogP contribution in [0.5, 0.6) is 0 Å². The van der Waals surface area contributed by atoms with Crippen molar-refractivity contribution in [3.8, 4) is 0 Å². The molecule has 1 aliphatic heterocycles. The van der Waals surface area contributed by atoms with Gasteiger partial charge in [0.15, 0.2) is 0 Å². The fraction of sp³-hybridized carbons (Fsp3) is 0.500. The second kappa shape index (κ2) is 5.31. The van der Waals surface area contributed by atoms with Crippen molar-refractivity contribution < 1.29 is 0 Å². The molecule has 102 valence electrons. The van der Waals surface area contributed by atoms with Crippen LogP contribution in [0, 0.1) is 0 Å². The predicted molar refractivity (Wildman–Crippen MR) is 86.4 cm³/mol. The Bertz CT molecular complexity index is 553. The summed E-state index contributed by atoms with van der Waals surface area (Å²) < 4.78 is 1.60. The van der Waals surface area contributed by atoms with Gasteiger partial charge in [-0.3, -0.25) is 0 Å². The van der Waals surface area contributed by atoms with E-state index in [4.69, 9.17) is 5.73 Å². The smallest absolute Gasteiger partial charge is 0.137 e. The minimum absolute atomic E-state index is 0.277. The summed E-state index contributed by atoms with van der Waals surface area (Å²) in [7, 11) is 0. The average Bonchev–Trinajstić information content (AvgIpc) is 2.96. The van der Waals surface area contributed by atoms with Crippen molar-refractivity contribution in [2.24, 2.45) is 5.73 Å².